The fourth-order valence-corrected chi connectivity index (χ4v) is 4.96. The van der Waals surface area contributed by atoms with Gasteiger partial charge in [-0.05, 0) is 68.2 Å². The highest BCUT2D eigenvalue weighted by atomic mass is 16.5. The number of cyclic esters (lactones) is 1. The first-order valence-corrected chi connectivity index (χ1v) is 14.6. The number of carbonyl (C=O) groups excluding carboxylic acids is 4. The number of ether oxygens (including phenoxy) is 2. The number of fused-ring (bicyclic) bond motifs is 4. The van der Waals surface area contributed by atoms with Crippen LogP contribution < -0.4 is 16.1 Å². The maximum Gasteiger partial charge on any atom is 0.325 e. The molecule has 42 heavy (non-hydrogen) atoms. The molecule has 11 nitrogen and oxygen atoms in total. The number of pyridine rings is 1. The third kappa shape index (κ3) is 8.13. The van der Waals surface area contributed by atoms with Gasteiger partial charge in [-0.15, -0.1) is 0 Å². The molecule has 2 aliphatic rings. The van der Waals surface area contributed by atoms with E-state index in [0.29, 0.717) is 32.4 Å². The summed E-state index contributed by atoms with van der Waals surface area (Å²) < 4.78 is 11.4. The van der Waals surface area contributed by atoms with Crippen LogP contribution in [-0.4, -0.2) is 71.6 Å². The molecule has 4 atom stereocenters. The third-order valence-electron chi connectivity index (χ3n) is 7.45. The zero-order chi connectivity index (χ0) is 30.2. The molecule has 1 fully saturated rings. The fraction of sp³-hybridized carbons (Fsp3) is 0.516. The Balaban J connectivity index is 1.53. The minimum absolute atomic E-state index is 0.108. The van der Waals surface area contributed by atoms with Gasteiger partial charge in [-0.25, -0.2) is 5.43 Å². The van der Waals surface area contributed by atoms with Crippen molar-refractivity contribution in [2.75, 3.05) is 19.8 Å². The maximum absolute atomic E-state index is 13.2. The van der Waals surface area contributed by atoms with Crippen LogP contribution in [0.15, 0.2) is 36.5 Å². The Bertz CT molecular complexity index is 1330. The van der Waals surface area contributed by atoms with Crippen molar-refractivity contribution in [1.82, 2.24) is 26.1 Å². The highest BCUT2D eigenvalue weighted by Gasteiger charge is 2.33. The molecular formula is C31H41N5O6. The van der Waals surface area contributed by atoms with E-state index >= 15 is 0 Å². The van der Waals surface area contributed by atoms with E-state index in [1.165, 1.54) is 5.01 Å². The average Bonchev–Trinajstić information content (AvgIpc) is 2.97. The molecule has 2 aromatic rings. The molecule has 0 radical (unpaired) electrons. The average molecular weight is 580 g/mol. The largest absolute Gasteiger partial charge is 0.457 e. The number of benzene rings is 1. The molecule has 0 saturated carbocycles. The second kappa shape index (κ2) is 14.4. The van der Waals surface area contributed by atoms with E-state index in [-0.39, 0.29) is 30.8 Å². The Labute approximate surface area is 246 Å². The Morgan fingerprint density at radius 1 is 1.02 bits per heavy atom. The minimum atomic E-state index is -0.875. The highest BCUT2D eigenvalue weighted by Crippen LogP contribution is 2.24. The van der Waals surface area contributed by atoms with E-state index in [4.69, 9.17) is 9.47 Å². The predicted octanol–water partition coefficient (Wildman–Crippen LogP) is 2.80. The molecule has 4 unspecified atom stereocenters. The van der Waals surface area contributed by atoms with E-state index in [9.17, 15) is 19.2 Å². The van der Waals surface area contributed by atoms with E-state index < -0.39 is 36.1 Å². The molecule has 3 amide bonds. The van der Waals surface area contributed by atoms with Gasteiger partial charge in [0.1, 0.15) is 24.2 Å². The molecule has 226 valence electrons. The Morgan fingerprint density at radius 2 is 1.83 bits per heavy atom. The number of nitrogens with zero attached hydrogens (tertiary/aromatic N) is 2. The van der Waals surface area contributed by atoms with Gasteiger partial charge in [0.15, 0.2) is 0 Å². The Kier molecular flexibility index (Phi) is 10.6. The van der Waals surface area contributed by atoms with Crippen LogP contribution in [0.4, 0.5) is 0 Å². The first-order valence-electron chi connectivity index (χ1n) is 14.6. The van der Waals surface area contributed by atoms with E-state index in [1.807, 2.05) is 57.2 Å². The zero-order valence-electron chi connectivity index (χ0n) is 24.7. The zero-order valence-corrected chi connectivity index (χ0v) is 24.7. The Morgan fingerprint density at radius 3 is 2.62 bits per heavy atom. The first kappa shape index (κ1) is 31.1. The second-order valence-electron chi connectivity index (χ2n) is 11.2. The number of carbonyl (C=O) groups is 4. The van der Waals surface area contributed by atoms with Crippen LogP contribution in [0.3, 0.4) is 0 Å². The molecule has 5 bridgehead atoms. The van der Waals surface area contributed by atoms with Crippen LogP contribution in [0, 0.1) is 5.92 Å². The van der Waals surface area contributed by atoms with Crippen molar-refractivity contribution in [3.05, 3.63) is 47.8 Å². The summed E-state index contributed by atoms with van der Waals surface area (Å²) in [7, 11) is 0. The normalized spacial score (nSPS) is 25.6. The SMILES string of the molecule is CC1NC(=O)C(C(C)C)NC(=O)CCOCCC=Cc2cc3cc(ccc3cn2)C(C)OC(=O)C2CCCN(N2)C1=O. The third-order valence-corrected chi connectivity index (χ3v) is 7.45. The summed E-state index contributed by atoms with van der Waals surface area (Å²) in [5.74, 6) is -1.80. The smallest absolute Gasteiger partial charge is 0.325 e. The van der Waals surface area contributed by atoms with Crippen LogP contribution in [-0.2, 0) is 28.7 Å². The van der Waals surface area contributed by atoms with Gasteiger partial charge in [0.05, 0.1) is 18.9 Å². The summed E-state index contributed by atoms with van der Waals surface area (Å²) in [6, 6.07) is 5.44. The van der Waals surface area contributed by atoms with Gasteiger partial charge < -0.3 is 20.1 Å². The monoisotopic (exact) mass is 579 g/mol. The summed E-state index contributed by atoms with van der Waals surface area (Å²) in [6.45, 7) is 8.09. The van der Waals surface area contributed by atoms with Gasteiger partial charge >= 0.3 is 5.97 Å². The van der Waals surface area contributed by atoms with E-state index in [2.05, 4.69) is 21.0 Å². The number of amides is 3. The lowest BCUT2D eigenvalue weighted by Crippen LogP contribution is -2.61. The summed E-state index contributed by atoms with van der Waals surface area (Å²) >= 11 is 0. The summed E-state index contributed by atoms with van der Waals surface area (Å²) in [4.78, 5) is 56.4. The van der Waals surface area contributed by atoms with Crippen molar-refractivity contribution in [3.8, 4) is 0 Å². The Hall–Kier alpha value is -3.83. The standard InChI is InChI=1S/C31H41N5O6/c1-19(2)28-29(38)33-20(3)30(39)36-13-7-9-26(35-36)31(40)42-21(4)22-10-11-23-18-32-25(17-24(23)16-22)8-5-6-14-41-15-12-27(37)34-28/h5,8,10-11,16-21,26,28,35H,6-7,9,12-15H2,1-4H3,(H,33,38)(H,34,37). The lowest BCUT2D eigenvalue weighted by molar-refractivity contribution is -0.157. The maximum atomic E-state index is 13.2. The molecule has 1 aromatic heterocycles. The van der Waals surface area contributed by atoms with E-state index in [1.54, 1.807) is 13.1 Å². The van der Waals surface area contributed by atoms with Gasteiger partial charge in [-0.1, -0.05) is 32.1 Å². The van der Waals surface area contributed by atoms with Crippen molar-refractivity contribution in [1.29, 1.82) is 0 Å². The van der Waals surface area contributed by atoms with Crippen LogP contribution in [0.5, 0.6) is 0 Å². The number of aromatic nitrogens is 1. The molecule has 2 aliphatic heterocycles. The van der Waals surface area contributed by atoms with E-state index in [0.717, 1.165) is 22.0 Å². The molecule has 1 aromatic carbocycles. The van der Waals surface area contributed by atoms with Crippen LogP contribution in [0.1, 0.15) is 70.7 Å². The molecule has 11 heteroatoms. The lowest BCUT2D eigenvalue weighted by atomic mass is 10.0. The molecule has 3 heterocycles. The summed E-state index contributed by atoms with van der Waals surface area (Å²) in [5, 5.41) is 8.79. The lowest BCUT2D eigenvalue weighted by Gasteiger charge is -2.35. The van der Waals surface area contributed by atoms with Gasteiger partial charge in [0.25, 0.3) is 5.91 Å². The van der Waals surface area contributed by atoms with Crippen LogP contribution in [0.2, 0.25) is 0 Å². The molecule has 4 rings (SSSR count). The quantitative estimate of drug-likeness (QED) is 0.439. The molecule has 3 N–H and O–H groups in total. The number of hydrogen-bond donors (Lipinski definition) is 3. The topological polar surface area (TPSA) is 139 Å². The minimum Gasteiger partial charge on any atom is -0.457 e. The first-order chi connectivity index (χ1) is 20.1. The van der Waals surface area contributed by atoms with Crippen LogP contribution in [0.25, 0.3) is 16.8 Å². The summed E-state index contributed by atoms with van der Waals surface area (Å²) in [6.07, 6.45) is 7.04. The molecule has 1 saturated heterocycles. The van der Waals surface area contributed by atoms with Gasteiger partial charge in [0.2, 0.25) is 11.8 Å². The second-order valence-corrected chi connectivity index (χ2v) is 11.2. The molecule has 0 aliphatic carbocycles. The van der Waals surface area contributed by atoms with Crippen LogP contribution >= 0.6 is 0 Å². The highest BCUT2D eigenvalue weighted by molar-refractivity contribution is 5.92. The van der Waals surface area contributed by atoms with Gasteiger partial charge in [0, 0.05) is 24.5 Å². The van der Waals surface area contributed by atoms with Crippen molar-refractivity contribution in [3.63, 3.8) is 0 Å². The number of esters is 1. The van der Waals surface area contributed by atoms with Crippen molar-refractivity contribution < 1.29 is 28.7 Å². The molecular weight excluding hydrogens is 538 g/mol. The molecule has 0 spiro atoms. The number of nitrogens with one attached hydrogen (secondary N) is 3. The fourth-order valence-electron chi connectivity index (χ4n) is 4.96. The van der Waals surface area contributed by atoms with Crippen molar-refractivity contribution in [2.45, 2.75) is 77.6 Å². The van der Waals surface area contributed by atoms with Gasteiger partial charge in [-0.3, -0.25) is 29.2 Å². The number of rotatable bonds is 1. The van der Waals surface area contributed by atoms with Crippen molar-refractivity contribution in [2.24, 2.45) is 5.92 Å². The van der Waals surface area contributed by atoms with Crippen molar-refractivity contribution >= 4 is 40.5 Å². The summed E-state index contributed by atoms with van der Waals surface area (Å²) in [5.41, 5.74) is 4.62. The number of hydrazine groups is 1. The van der Waals surface area contributed by atoms with Gasteiger partial charge in [-0.2, -0.15) is 0 Å². The number of hydrogen-bond acceptors (Lipinski definition) is 8. The predicted molar refractivity (Wildman–Crippen MR) is 158 cm³/mol.